The normalized spacial score (nSPS) is 27.2. The van der Waals surface area contributed by atoms with Gasteiger partial charge in [-0.1, -0.05) is 18.2 Å². The summed E-state index contributed by atoms with van der Waals surface area (Å²) in [5.41, 5.74) is 1.01. The monoisotopic (exact) mass is 231 g/mol. The van der Waals surface area contributed by atoms with Crippen LogP contribution >= 0.6 is 0 Å². The molecule has 0 aromatic heterocycles. The minimum atomic E-state index is -0.736. The maximum absolute atomic E-state index is 12.0. The summed E-state index contributed by atoms with van der Waals surface area (Å²) in [5, 5.41) is 0. The Labute approximate surface area is 99.2 Å². The molecule has 0 N–H and O–H groups in total. The van der Waals surface area contributed by atoms with E-state index < -0.39 is 5.41 Å². The van der Waals surface area contributed by atoms with Gasteiger partial charge in [0.15, 0.2) is 0 Å². The second kappa shape index (κ2) is 3.32. The maximum atomic E-state index is 12.0. The van der Waals surface area contributed by atoms with Crippen LogP contribution in [-0.2, 0) is 19.7 Å². The third-order valence-electron chi connectivity index (χ3n) is 3.76. The number of hydrogen-bond donors (Lipinski definition) is 0. The van der Waals surface area contributed by atoms with E-state index in [0.29, 0.717) is 13.0 Å². The first kappa shape index (κ1) is 10.3. The summed E-state index contributed by atoms with van der Waals surface area (Å²) in [6.07, 6.45) is 0.821. The van der Waals surface area contributed by atoms with Gasteiger partial charge in [-0.15, -0.1) is 0 Å². The zero-order valence-corrected chi connectivity index (χ0v) is 9.60. The zero-order valence-electron chi connectivity index (χ0n) is 9.60. The molecule has 1 fully saturated rings. The van der Waals surface area contributed by atoms with E-state index >= 15 is 0 Å². The number of cyclic esters (lactones) is 1. The van der Waals surface area contributed by atoms with E-state index in [2.05, 4.69) is 0 Å². The van der Waals surface area contributed by atoms with Gasteiger partial charge in [-0.3, -0.25) is 9.59 Å². The third-order valence-corrected chi connectivity index (χ3v) is 3.76. The number of anilines is 1. The Bertz CT molecular complexity index is 511. The number of rotatable bonds is 0. The molecule has 0 saturated carbocycles. The van der Waals surface area contributed by atoms with Crippen LogP contribution in [0.1, 0.15) is 18.4 Å². The van der Waals surface area contributed by atoms with Gasteiger partial charge in [0.25, 0.3) is 0 Å². The lowest BCUT2D eigenvalue weighted by Gasteiger charge is -2.36. The van der Waals surface area contributed by atoms with Crippen molar-refractivity contribution >= 4 is 17.6 Å². The van der Waals surface area contributed by atoms with Gasteiger partial charge in [0, 0.05) is 25.6 Å². The van der Waals surface area contributed by atoms with Crippen molar-refractivity contribution in [2.45, 2.75) is 18.3 Å². The van der Waals surface area contributed by atoms with Crippen LogP contribution in [0.5, 0.6) is 0 Å². The molecule has 1 amide bonds. The molecule has 1 aromatic carbocycles. The molecular weight excluding hydrogens is 218 g/mol. The van der Waals surface area contributed by atoms with Crippen molar-refractivity contribution < 1.29 is 14.3 Å². The highest BCUT2D eigenvalue weighted by molar-refractivity contribution is 6.04. The van der Waals surface area contributed by atoms with Crippen LogP contribution in [0.25, 0.3) is 0 Å². The second-order valence-corrected chi connectivity index (χ2v) is 4.61. The molecule has 2 heterocycles. The summed E-state index contributed by atoms with van der Waals surface area (Å²) in [4.78, 5) is 25.6. The Balaban J connectivity index is 2.23. The van der Waals surface area contributed by atoms with Crippen LogP contribution < -0.4 is 4.90 Å². The van der Waals surface area contributed by atoms with Gasteiger partial charge >= 0.3 is 5.97 Å². The average Bonchev–Trinajstić information content (AvgIpc) is 2.69. The van der Waals surface area contributed by atoms with Crippen molar-refractivity contribution in [1.29, 1.82) is 0 Å². The molecule has 88 valence electrons. The van der Waals surface area contributed by atoms with Gasteiger partial charge in [0.1, 0.15) is 5.41 Å². The number of nitrogens with zero attached hydrogens (tertiary/aromatic N) is 1. The minimum Gasteiger partial charge on any atom is -0.465 e. The molecule has 2 aliphatic rings. The highest BCUT2D eigenvalue weighted by atomic mass is 16.5. The number of ether oxygens (including phenoxy) is 1. The van der Waals surface area contributed by atoms with Crippen molar-refractivity contribution in [2.75, 3.05) is 18.6 Å². The van der Waals surface area contributed by atoms with Crippen molar-refractivity contribution in [1.82, 2.24) is 0 Å². The van der Waals surface area contributed by atoms with E-state index in [-0.39, 0.29) is 18.3 Å². The van der Waals surface area contributed by atoms with E-state index in [0.717, 1.165) is 11.3 Å². The van der Waals surface area contributed by atoms with Crippen LogP contribution in [0.4, 0.5) is 5.69 Å². The molecule has 4 nitrogen and oxygen atoms in total. The lowest BCUT2D eigenvalue weighted by molar-refractivity contribution is -0.144. The van der Waals surface area contributed by atoms with Crippen LogP contribution in [0, 0.1) is 0 Å². The van der Waals surface area contributed by atoms with Crippen molar-refractivity contribution in [3.05, 3.63) is 29.8 Å². The molecule has 1 atom stereocenters. The average molecular weight is 231 g/mol. The molecule has 0 unspecified atom stereocenters. The van der Waals surface area contributed by atoms with Gasteiger partial charge in [-0.25, -0.2) is 0 Å². The number of carbonyl (C=O) groups is 2. The molecule has 0 bridgehead atoms. The first-order chi connectivity index (χ1) is 8.15. The Morgan fingerprint density at radius 3 is 2.76 bits per heavy atom. The van der Waals surface area contributed by atoms with E-state index in [9.17, 15) is 9.59 Å². The topological polar surface area (TPSA) is 46.6 Å². The number of carbonyl (C=O) groups excluding carboxylic acids is 2. The lowest BCUT2D eigenvalue weighted by Crippen LogP contribution is -2.45. The predicted molar refractivity (Wildman–Crippen MR) is 61.7 cm³/mol. The van der Waals surface area contributed by atoms with Gasteiger partial charge in [-0.2, -0.15) is 0 Å². The second-order valence-electron chi connectivity index (χ2n) is 4.61. The van der Waals surface area contributed by atoms with E-state index in [1.165, 1.54) is 0 Å². The Hall–Kier alpha value is -1.84. The molecule has 0 radical (unpaired) electrons. The fourth-order valence-corrected chi connectivity index (χ4v) is 2.74. The number of benzene rings is 1. The number of hydrogen-bond acceptors (Lipinski definition) is 3. The van der Waals surface area contributed by atoms with E-state index in [1.807, 2.05) is 24.3 Å². The summed E-state index contributed by atoms with van der Waals surface area (Å²) in [5.74, 6) is -0.283. The van der Waals surface area contributed by atoms with Crippen LogP contribution in [0.2, 0.25) is 0 Å². The molecule has 17 heavy (non-hydrogen) atoms. The SMILES string of the molecule is CN1C(=O)C[C@@]2(CCOC2=O)c2ccccc21. The lowest BCUT2D eigenvalue weighted by atomic mass is 9.73. The maximum Gasteiger partial charge on any atom is 0.317 e. The molecule has 1 spiro atoms. The molecule has 0 aliphatic carbocycles. The Morgan fingerprint density at radius 1 is 1.29 bits per heavy atom. The zero-order chi connectivity index (χ0) is 12.0. The summed E-state index contributed by atoms with van der Waals surface area (Å²) in [6.45, 7) is 0.407. The molecule has 4 heteroatoms. The van der Waals surface area contributed by atoms with Gasteiger partial charge in [0.05, 0.1) is 6.61 Å². The Morgan fingerprint density at radius 2 is 2.06 bits per heavy atom. The van der Waals surface area contributed by atoms with Crippen molar-refractivity contribution in [2.24, 2.45) is 0 Å². The van der Waals surface area contributed by atoms with Gasteiger partial charge in [0.2, 0.25) is 5.91 Å². The quantitative estimate of drug-likeness (QED) is 0.631. The molecule has 2 aliphatic heterocycles. The number of esters is 1. The minimum absolute atomic E-state index is 0.0254. The molecular formula is C13H13NO3. The van der Waals surface area contributed by atoms with E-state index in [4.69, 9.17) is 4.74 Å². The first-order valence-electron chi connectivity index (χ1n) is 5.68. The Kier molecular flexibility index (Phi) is 2.02. The largest absolute Gasteiger partial charge is 0.465 e. The predicted octanol–water partition coefficient (Wildman–Crippen LogP) is 1.24. The highest BCUT2D eigenvalue weighted by Gasteiger charge is 2.52. The number of para-hydroxylation sites is 1. The van der Waals surface area contributed by atoms with Gasteiger partial charge < -0.3 is 9.64 Å². The van der Waals surface area contributed by atoms with Crippen LogP contribution in [0.3, 0.4) is 0 Å². The molecule has 1 aromatic rings. The summed E-state index contributed by atoms with van der Waals surface area (Å²) in [7, 11) is 1.74. The van der Waals surface area contributed by atoms with Crippen molar-refractivity contribution in [3.8, 4) is 0 Å². The number of amides is 1. The van der Waals surface area contributed by atoms with Gasteiger partial charge in [-0.05, 0) is 11.6 Å². The summed E-state index contributed by atoms with van der Waals surface area (Å²) >= 11 is 0. The fourth-order valence-electron chi connectivity index (χ4n) is 2.74. The molecule has 3 rings (SSSR count). The number of fused-ring (bicyclic) bond motifs is 2. The smallest absolute Gasteiger partial charge is 0.317 e. The van der Waals surface area contributed by atoms with E-state index in [1.54, 1.807) is 11.9 Å². The summed E-state index contributed by atoms with van der Waals surface area (Å²) < 4.78 is 5.08. The summed E-state index contributed by atoms with van der Waals surface area (Å²) in [6, 6.07) is 7.57. The first-order valence-corrected chi connectivity index (χ1v) is 5.68. The standard InChI is InChI=1S/C13H13NO3/c1-14-10-5-3-2-4-9(10)13(8-11(14)15)6-7-17-12(13)16/h2-5H,6-8H2,1H3/t13-/m0/s1. The van der Waals surface area contributed by atoms with Crippen LogP contribution in [0.15, 0.2) is 24.3 Å². The fraction of sp³-hybridized carbons (Fsp3) is 0.385. The van der Waals surface area contributed by atoms with Crippen molar-refractivity contribution in [3.63, 3.8) is 0 Å². The highest BCUT2D eigenvalue weighted by Crippen LogP contribution is 2.45. The molecule has 1 saturated heterocycles. The third kappa shape index (κ3) is 1.24. The van der Waals surface area contributed by atoms with Crippen LogP contribution in [-0.4, -0.2) is 25.5 Å².